The Morgan fingerprint density at radius 1 is 1.05 bits per heavy atom. The highest BCUT2D eigenvalue weighted by Crippen LogP contribution is 2.33. The Balaban J connectivity index is 1.51. The molecule has 2 aliphatic rings. The lowest BCUT2D eigenvalue weighted by Crippen LogP contribution is -2.53. The number of likely N-dealkylation sites (tertiary alicyclic amines) is 2. The van der Waals surface area contributed by atoms with Crippen molar-refractivity contribution in [3.8, 4) is 5.75 Å². The summed E-state index contributed by atoms with van der Waals surface area (Å²) in [4.78, 5) is 58.4. The van der Waals surface area contributed by atoms with E-state index in [2.05, 4.69) is 5.32 Å². The fourth-order valence-electron chi connectivity index (χ4n) is 5.36. The number of nitrogens with one attached hydrogen (secondary N) is 1. The van der Waals surface area contributed by atoms with Crippen molar-refractivity contribution in [2.45, 2.75) is 44.8 Å². The molecule has 0 bridgehead atoms. The van der Waals surface area contributed by atoms with Crippen LogP contribution in [0.25, 0.3) is 0 Å². The van der Waals surface area contributed by atoms with Crippen molar-refractivity contribution in [3.63, 3.8) is 0 Å². The minimum absolute atomic E-state index is 0.0601. The molecule has 38 heavy (non-hydrogen) atoms. The van der Waals surface area contributed by atoms with Crippen LogP contribution >= 0.6 is 0 Å². The standard InChI is InChI=1S/C29H36N4O5/c1-18(2)16-22(30-27(35)19-10-12-20(13-11-19)31(3)4)29(37)32-15-14-23-26(32)24(34)17-33(23)28(36)21-8-6-7-9-25(21)38-5/h6-13,18,22-23,26H,14-17H2,1-5H3,(H,30,35). The summed E-state index contributed by atoms with van der Waals surface area (Å²) < 4.78 is 5.34. The number of carbonyl (C=O) groups is 4. The first-order valence-corrected chi connectivity index (χ1v) is 13.0. The van der Waals surface area contributed by atoms with E-state index in [9.17, 15) is 19.2 Å². The first kappa shape index (κ1) is 27.2. The highest BCUT2D eigenvalue weighted by molar-refractivity contribution is 6.04. The number of benzene rings is 2. The number of Topliss-reactive ketones (excluding diaryl/α,β-unsaturated/α-hetero) is 1. The molecular weight excluding hydrogens is 484 g/mol. The Morgan fingerprint density at radius 3 is 2.37 bits per heavy atom. The summed E-state index contributed by atoms with van der Waals surface area (Å²) >= 11 is 0. The minimum atomic E-state index is -0.776. The maximum Gasteiger partial charge on any atom is 0.258 e. The van der Waals surface area contributed by atoms with Crippen LogP contribution in [0.15, 0.2) is 48.5 Å². The second-order valence-corrected chi connectivity index (χ2v) is 10.5. The highest BCUT2D eigenvalue weighted by Gasteiger charge is 2.52. The predicted molar refractivity (Wildman–Crippen MR) is 144 cm³/mol. The molecule has 0 aliphatic carbocycles. The fraction of sp³-hybridized carbons (Fsp3) is 0.448. The predicted octanol–water partition coefficient (Wildman–Crippen LogP) is 2.60. The molecule has 2 aromatic carbocycles. The van der Waals surface area contributed by atoms with Gasteiger partial charge in [-0.25, -0.2) is 0 Å². The molecule has 9 nitrogen and oxygen atoms in total. The zero-order valence-electron chi connectivity index (χ0n) is 22.6. The van der Waals surface area contributed by atoms with Gasteiger partial charge in [-0.2, -0.15) is 0 Å². The lowest BCUT2D eigenvalue weighted by atomic mass is 10.0. The summed E-state index contributed by atoms with van der Waals surface area (Å²) in [6.45, 7) is 4.26. The SMILES string of the molecule is COc1ccccc1C(=O)N1CC(=O)C2C1CCN2C(=O)C(CC(C)C)NC(=O)c1ccc(N(C)C)cc1. The number of amides is 3. The van der Waals surface area contributed by atoms with Gasteiger partial charge in [0.1, 0.15) is 17.8 Å². The van der Waals surface area contributed by atoms with Gasteiger partial charge in [0, 0.05) is 31.9 Å². The third-order valence-corrected chi connectivity index (χ3v) is 7.26. The number of rotatable bonds is 8. The number of nitrogens with zero attached hydrogens (tertiary/aromatic N) is 3. The molecule has 1 N–H and O–H groups in total. The number of ether oxygens (including phenoxy) is 1. The Hall–Kier alpha value is -3.88. The monoisotopic (exact) mass is 520 g/mol. The molecule has 0 radical (unpaired) electrons. The van der Waals surface area contributed by atoms with Gasteiger partial charge in [-0.05, 0) is 55.2 Å². The molecule has 9 heteroatoms. The minimum Gasteiger partial charge on any atom is -0.496 e. The molecule has 3 atom stereocenters. The maximum absolute atomic E-state index is 13.8. The van der Waals surface area contributed by atoms with E-state index in [1.54, 1.807) is 46.2 Å². The smallest absolute Gasteiger partial charge is 0.258 e. The van der Waals surface area contributed by atoms with Crippen LogP contribution in [0.4, 0.5) is 5.69 Å². The van der Waals surface area contributed by atoms with Crippen molar-refractivity contribution in [2.24, 2.45) is 5.92 Å². The highest BCUT2D eigenvalue weighted by atomic mass is 16.5. The van der Waals surface area contributed by atoms with Gasteiger partial charge in [0.15, 0.2) is 5.78 Å². The zero-order chi connectivity index (χ0) is 27.6. The van der Waals surface area contributed by atoms with Crippen molar-refractivity contribution >= 4 is 29.2 Å². The van der Waals surface area contributed by atoms with E-state index in [-0.39, 0.29) is 36.0 Å². The van der Waals surface area contributed by atoms with Crippen LogP contribution in [0.3, 0.4) is 0 Å². The van der Waals surface area contributed by atoms with E-state index in [0.29, 0.717) is 36.3 Å². The van der Waals surface area contributed by atoms with Gasteiger partial charge in [0.05, 0.1) is 25.3 Å². The van der Waals surface area contributed by atoms with E-state index in [1.165, 1.54) is 7.11 Å². The van der Waals surface area contributed by atoms with E-state index in [4.69, 9.17) is 4.74 Å². The second-order valence-electron chi connectivity index (χ2n) is 10.5. The van der Waals surface area contributed by atoms with E-state index < -0.39 is 18.1 Å². The molecule has 202 valence electrons. The summed E-state index contributed by atoms with van der Waals surface area (Å²) in [5.74, 6) is -0.497. The van der Waals surface area contributed by atoms with Crippen LogP contribution < -0.4 is 15.0 Å². The molecule has 2 saturated heterocycles. The number of fused-ring (bicyclic) bond motifs is 1. The second kappa shape index (κ2) is 11.2. The summed E-state index contributed by atoms with van der Waals surface area (Å²) in [6, 6.07) is 12.2. The third-order valence-electron chi connectivity index (χ3n) is 7.26. The van der Waals surface area contributed by atoms with Gasteiger partial charge in [-0.3, -0.25) is 19.2 Å². The van der Waals surface area contributed by atoms with Crippen LogP contribution in [0, 0.1) is 5.92 Å². The quantitative estimate of drug-likeness (QED) is 0.575. The Kier molecular flexibility index (Phi) is 8.04. The third kappa shape index (κ3) is 5.37. The molecule has 0 saturated carbocycles. The van der Waals surface area contributed by atoms with Crippen LogP contribution in [-0.4, -0.2) is 85.7 Å². The number of para-hydroxylation sites is 1. The molecule has 2 aliphatic heterocycles. The van der Waals surface area contributed by atoms with Gasteiger partial charge in [-0.15, -0.1) is 0 Å². The average Bonchev–Trinajstić information content (AvgIpc) is 3.48. The topological polar surface area (TPSA) is 99.3 Å². The van der Waals surface area contributed by atoms with Crippen molar-refractivity contribution in [1.82, 2.24) is 15.1 Å². The molecule has 0 spiro atoms. The van der Waals surface area contributed by atoms with Gasteiger partial charge in [0.25, 0.3) is 11.8 Å². The van der Waals surface area contributed by atoms with Crippen molar-refractivity contribution < 1.29 is 23.9 Å². The van der Waals surface area contributed by atoms with Crippen LogP contribution in [-0.2, 0) is 9.59 Å². The van der Waals surface area contributed by atoms with Gasteiger partial charge in [-0.1, -0.05) is 26.0 Å². The normalized spacial score (nSPS) is 19.4. The molecule has 2 aromatic rings. The fourth-order valence-corrected chi connectivity index (χ4v) is 5.36. The maximum atomic E-state index is 13.8. The average molecular weight is 521 g/mol. The van der Waals surface area contributed by atoms with Crippen LogP contribution in [0.1, 0.15) is 47.4 Å². The van der Waals surface area contributed by atoms with Crippen molar-refractivity contribution in [1.29, 1.82) is 0 Å². The first-order valence-electron chi connectivity index (χ1n) is 13.0. The summed E-state index contributed by atoms with van der Waals surface area (Å²) in [7, 11) is 5.34. The summed E-state index contributed by atoms with van der Waals surface area (Å²) in [6.07, 6.45) is 0.934. The summed E-state index contributed by atoms with van der Waals surface area (Å²) in [5.41, 5.74) is 1.81. The van der Waals surface area contributed by atoms with Crippen molar-refractivity contribution in [3.05, 3.63) is 59.7 Å². The van der Waals surface area contributed by atoms with Crippen LogP contribution in [0.2, 0.25) is 0 Å². The number of anilines is 1. The lowest BCUT2D eigenvalue weighted by molar-refractivity contribution is -0.138. The Labute approximate surface area is 223 Å². The van der Waals surface area contributed by atoms with Gasteiger partial charge in [0.2, 0.25) is 5.91 Å². The van der Waals surface area contributed by atoms with Crippen molar-refractivity contribution in [2.75, 3.05) is 39.2 Å². The van der Waals surface area contributed by atoms with E-state index in [1.807, 2.05) is 45.0 Å². The summed E-state index contributed by atoms with van der Waals surface area (Å²) in [5, 5.41) is 2.91. The van der Waals surface area contributed by atoms with E-state index >= 15 is 0 Å². The Bertz CT molecular complexity index is 1210. The largest absolute Gasteiger partial charge is 0.496 e. The molecule has 3 amide bonds. The van der Waals surface area contributed by atoms with Gasteiger partial charge < -0.3 is 24.8 Å². The zero-order valence-corrected chi connectivity index (χ0v) is 22.6. The first-order chi connectivity index (χ1) is 18.1. The number of hydrogen-bond donors (Lipinski definition) is 1. The molecule has 3 unspecified atom stereocenters. The molecule has 4 rings (SSSR count). The number of hydrogen-bond acceptors (Lipinski definition) is 6. The molecular formula is C29H36N4O5. The lowest BCUT2D eigenvalue weighted by Gasteiger charge is -2.29. The number of carbonyl (C=O) groups excluding carboxylic acids is 4. The number of ketones is 1. The molecule has 2 heterocycles. The molecule has 2 fully saturated rings. The van der Waals surface area contributed by atoms with Crippen LogP contribution in [0.5, 0.6) is 5.75 Å². The van der Waals surface area contributed by atoms with Gasteiger partial charge >= 0.3 is 0 Å². The Morgan fingerprint density at radius 2 is 1.74 bits per heavy atom. The number of methoxy groups -OCH3 is 1. The molecule has 0 aromatic heterocycles. The van der Waals surface area contributed by atoms with E-state index in [0.717, 1.165) is 5.69 Å².